The molecule has 1 heterocycles. The van der Waals surface area contributed by atoms with Gasteiger partial charge < -0.3 is 4.57 Å². The Morgan fingerprint density at radius 3 is 2.81 bits per heavy atom. The largest absolute Gasteiger partial charge is 0.314 e. The lowest BCUT2D eigenvalue weighted by molar-refractivity contribution is 0.629. The van der Waals surface area contributed by atoms with E-state index in [9.17, 15) is 4.39 Å². The molecule has 0 unspecified atom stereocenters. The van der Waals surface area contributed by atoms with Crippen LogP contribution in [0.5, 0.6) is 0 Å². The molecular formula is C14H14FN. The summed E-state index contributed by atoms with van der Waals surface area (Å²) in [6, 6.07) is 6.77. The van der Waals surface area contributed by atoms with E-state index in [1.54, 1.807) is 12.1 Å². The maximum atomic E-state index is 13.1. The summed E-state index contributed by atoms with van der Waals surface area (Å²) in [4.78, 5) is 0. The van der Waals surface area contributed by atoms with Crippen LogP contribution in [0.3, 0.4) is 0 Å². The standard InChI is InChI=1S/C14H14FN/c1-4-5-10(2)16-11(3)8-12-9-13(15)6-7-14(12)16/h4-9H,2H2,1,3H3. The van der Waals surface area contributed by atoms with E-state index >= 15 is 0 Å². The zero-order valence-corrected chi connectivity index (χ0v) is 9.50. The number of allylic oxidation sites excluding steroid dienone is 3. The van der Waals surface area contributed by atoms with Crippen molar-refractivity contribution in [3.8, 4) is 0 Å². The molecule has 1 nitrogen and oxygen atoms in total. The van der Waals surface area contributed by atoms with Crippen molar-refractivity contribution in [2.45, 2.75) is 13.8 Å². The molecule has 1 aromatic carbocycles. The molecule has 0 aliphatic rings. The van der Waals surface area contributed by atoms with Gasteiger partial charge in [-0.2, -0.15) is 0 Å². The monoisotopic (exact) mass is 215 g/mol. The topological polar surface area (TPSA) is 4.93 Å². The van der Waals surface area contributed by atoms with Gasteiger partial charge in [0.2, 0.25) is 0 Å². The van der Waals surface area contributed by atoms with Crippen LogP contribution in [0, 0.1) is 12.7 Å². The molecule has 0 aliphatic carbocycles. The Bertz CT molecular complexity index is 576. The van der Waals surface area contributed by atoms with Crippen molar-refractivity contribution in [2.75, 3.05) is 0 Å². The van der Waals surface area contributed by atoms with Crippen molar-refractivity contribution in [1.82, 2.24) is 4.57 Å². The highest BCUT2D eigenvalue weighted by molar-refractivity contribution is 5.85. The first kappa shape index (κ1) is 10.7. The number of halogens is 1. The first-order chi connectivity index (χ1) is 7.63. The van der Waals surface area contributed by atoms with Crippen molar-refractivity contribution in [2.24, 2.45) is 0 Å². The molecule has 0 fully saturated rings. The number of hydrogen-bond donors (Lipinski definition) is 0. The molecule has 0 amide bonds. The van der Waals surface area contributed by atoms with Gasteiger partial charge in [-0.05, 0) is 44.2 Å². The summed E-state index contributed by atoms with van der Waals surface area (Å²) in [6.45, 7) is 7.95. The Labute approximate surface area is 94.5 Å². The van der Waals surface area contributed by atoms with Crippen molar-refractivity contribution in [3.05, 3.63) is 54.5 Å². The number of aryl methyl sites for hydroxylation is 1. The third-order valence-corrected chi connectivity index (χ3v) is 2.59. The highest BCUT2D eigenvalue weighted by Crippen LogP contribution is 2.24. The van der Waals surface area contributed by atoms with Crippen LogP contribution in [0.4, 0.5) is 4.39 Å². The van der Waals surface area contributed by atoms with E-state index in [0.717, 1.165) is 22.3 Å². The lowest BCUT2D eigenvalue weighted by atomic mass is 10.2. The minimum atomic E-state index is -0.207. The molecule has 0 bridgehead atoms. The average Bonchev–Trinajstić information content (AvgIpc) is 2.53. The molecule has 0 radical (unpaired) electrons. The van der Waals surface area contributed by atoms with Gasteiger partial charge in [0, 0.05) is 16.8 Å². The maximum absolute atomic E-state index is 13.1. The molecule has 82 valence electrons. The zero-order chi connectivity index (χ0) is 11.7. The predicted octanol–water partition coefficient (Wildman–Crippen LogP) is 4.14. The lowest BCUT2D eigenvalue weighted by Gasteiger charge is -2.07. The van der Waals surface area contributed by atoms with Crippen molar-refractivity contribution >= 4 is 16.6 Å². The normalized spacial score (nSPS) is 11.4. The minimum Gasteiger partial charge on any atom is -0.314 e. The first-order valence-corrected chi connectivity index (χ1v) is 5.23. The third kappa shape index (κ3) is 1.67. The summed E-state index contributed by atoms with van der Waals surface area (Å²) in [7, 11) is 0. The van der Waals surface area contributed by atoms with Crippen molar-refractivity contribution in [1.29, 1.82) is 0 Å². The van der Waals surface area contributed by atoms with Crippen molar-refractivity contribution in [3.63, 3.8) is 0 Å². The molecule has 2 aromatic rings. The van der Waals surface area contributed by atoms with Gasteiger partial charge in [-0.1, -0.05) is 12.7 Å². The maximum Gasteiger partial charge on any atom is 0.123 e. The smallest absolute Gasteiger partial charge is 0.123 e. The van der Waals surface area contributed by atoms with Crippen LogP contribution in [0.2, 0.25) is 0 Å². The molecule has 0 saturated carbocycles. The fraction of sp³-hybridized carbons (Fsp3) is 0.143. The number of benzene rings is 1. The summed E-state index contributed by atoms with van der Waals surface area (Å²) in [5, 5.41) is 0.906. The van der Waals surface area contributed by atoms with Gasteiger partial charge in [0.25, 0.3) is 0 Å². The Morgan fingerprint density at radius 2 is 2.12 bits per heavy atom. The number of rotatable bonds is 2. The number of nitrogens with zero attached hydrogens (tertiary/aromatic N) is 1. The molecule has 0 aliphatic heterocycles. The van der Waals surface area contributed by atoms with Crippen LogP contribution in [0.1, 0.15) is 12.6 Å². The molecule has 0 saturated heterocycles. The molecule has 2 rings (SSSR count). The fourth-order valence-corrected chi connectivity index (χ4v) is 1.97. The number of fused-ring (bicyclic) bond motifs is 1. The molecule has 0 N–H and O–H groups in total. The van der Waals surface area contributed by atoms with Crippen LogP contribution in [0.25, 0.3) is 16.6 Å². The van der Waals surface area contributed by atoms with E-state index < -0.39 is 0 Å². The summed E-state index contributed by atoms with van der Waals surface area (Å²) >= 11 is 0. The average molecular weight is 215 g/mol. The molecule has 2 heteroatoms. The van der Waals surface area contributed by atoms with E-state index in [1.807, 2.05) is 36.6 Å². The Morgan fingerprint density at radius 1 is 1.38 bits per heavy atom. The minimum absolute atomic E-state index is 0.207. The van der Waals surface area contributed by atoms with Gasteiger partial charge in [-0.15, -0.1) is 0 Å². The second-order valence-electron chi connectivity index (χ2n) is 3.82. The Kier molecular flexibility index (Phi) is 2.65. The number of aromatic nitrogens is 1. The number of hydrogen-bond acceptors (Lipinski definition) is 0. The summed E-state index contributed by atoms with van der Waals surface area (Å²) in [6.07, 6.45) is 3.88. The van der Waals surface area contributed by atoms with Gasteiger partial charge in [-0.25, -0.2) is 4.39 Å². The van der Waals surface area contributed by atoms with Crippen LogP contribution >= 0.6 is 0 Å². The first-order valence-electron chi connectivity index (χ1n) is 5.23. The fourth-order valence-electron chi connectivity index (χ4n) is 1.97. The Balaban J connectivity index is 2.69. The second-order valence-corrected chi connectivity index (χ2v) is 3.82. The van der Waals surface area contributed by atoms with Crippen LogP contribution in [-0.4, -0.2) is 4.57 Å². The van der Waals surface area contributed by atoms with Gasteiger partial charge in [0.15, 0.2) is 0 Å². The van der Waals surface area contributed by atoms with E-state index in [2.05, 4.69) is 6.58 Å². The molecule has 1 aromatic heterocycles. The molecule has 0 spiro atoms. The second kappa shape index (κ2) is 3.97. The molecule has 16 heavy (non-hydrogen) atoms. The predicted molar refractivity (Wildman–Crippen MR) is 66.8 cm³/mol. The Hall–Kier alpha value is -1.83. The molecular weight excluding hydrogens is 201 g/mol. The van der Waals surface area contributed by atoms with Crippen LogP contribution in [-0.2, 0) is 0 Å². The van der Waals surface area contributed by atoms with Crippen LogP contribution < -0.4 is 0 Å². The summed E-state index contributed by atoms with van der Waals surface area (Å²) in [5.41, 5.74) is 2.94. The van der Waals surface area contributed by atoms with Gasteiger partial charge in [0.05, 0.1) is 5.52 Å². The van der Waals surface area contributed by atoms with E-state index in [-0.39, 0.29) is 5.82 Å². The zero-order valence-electron chi connectivity index (χ0n) is 9.50. The van der Waals surface area contributed by atoms with Gasteiger partial charge in [0.1, 0.15) is 5.82 Å². The summed E-state index contributed by atoms with van der Waals surface area (Å²) < 4.78 is 15.1. The van der Waals surface area contributed by atoms with Crippen molar-refractivity contribution < 1.29 is 4.39 Å². The quantitative estimate of drug-likeness (QED) is 0.663. The highest BCUT2D eigenvalue weighted by Gasteiger charge is 2.07. The summed E-state index contributed by atoms with van der Waals surface area (Å²) in [5.74, 6) is -0.207. The SMILES string of the molecule is C=C(C=CC)n1c(C)cc2cc(F)ccc21. The van der Waals surface area contributed by atoms with Crippen LogP contribution in [0.15, 0.2) is 43.0 Å². The highest BCUT2D eigenvalue weighted by atomic mass is 19.1. The van der Waals surface area contributed by atoms with E-state index in [0.29, 0.717) is 0 Å². The van der Waals surface area contributed by atoms with E-state index in [1.165, 1.54) is 6.07 Å². The van der Waals surface area contributed by atoms with Gasteiger partial charge >= 0.3 is 0 Å². The lowest BCUT2D eigenvalue weighted by Crippen LogP contribution is -1.95. The van der Waals surface area contributed by atoms with E-state index in [4.69, 9.17) is 0 Å². The third-order valence-electron chi connectivity index (χ3n) is 2.59. The van der Waals surface area contributed by atoms with Gasteiger partial charge in [-0.3, -0.25) is 0 Å². The molecule has 0 atom stereocenters.